The largest absolute Gasteiger partial charge is 0.480 e. The maximum Gasteiger partial charge on any atom is 0.323 e. The summed E-state index contributed by atoms with van der Waals surface area (Å²) < 4.78 is 1.86. The summed E-state index contributed by atoms with van der Waals surface area (Å²) in [5.41, 5.74) is -0.793. The van der Waals surface area contributed by atoms with Crippen LogP contribution in [0.25, 0.3) is 0 Å². The maximum atomic E-state index is 11.5. The fourth-order valence-corrected chi connectivity index (χ4v) is 2.76. The van der Waals surface area contributed by atoms with Crippen molar-refractivity contribution < 1.29 is 9.90 Å². The van der Waals surface area contributed by atoms with Crippen LogP contribution < -0.4 is 0 Å². The Bertz CT molecular complexity index is 484. The molecule has 1 aromatic heterocycles. The molecule has 1 unspecified atom stereocenters. The zero-order valence-corrected chi connectivity index (χ0v) is 11.1. The number of nitrogens with zero attached hydrogens (tertiary/aromatic N) is 5. The Hall–Kier alpha value is -1.50. The Labute approximate surface area is 111 Å². The lowest BCUT2D eigenvalue weighted by Crippen LogP contribution is -2.54. The highest BCUT2D eigenvalue weighted by Gasteiger charge is 2.42. The fraction of sp³-hybridized carbons (Fsp3) is 0.833. The molecule has 1 aromatic rings. The Balaban J connectivity index is 1.80. The number of carboxylic acid groups (broad SMARTS) is 1. The van der Waals surface area contributed by atoms with Crippen LogP contribution in [0.1, 0.15) is 50.9 Å². The number of carbonyl (C=O) groups is 1. The molecule has 0 spiro atoms. The third kappa shape index (κ3) is 2.22. The van der Waals surface area contributed by atoms with E-state index in [0.29, 0.717) is 19.0 Å². The first kappa shape index (κ1) is 12.5. The summed E-state index contributed by atoms with van der Waals surface area (Å²) in [6.45, 7) is 3.12. The number of tetrazole rings is 1. The van der Waals surface area contributed by atoms with Gasteiger partial charge >= 0.3 is 5.97 Å². The van der Waals surface area contributed by atoms with Crippen molar-refractivity contribution >= 4 is 5.97 Å². The van der Waals surface area contributed by atoms with Gasteiger partial charge in [0.1, 0.15) is 5.54 Å². The molecule has 19 heavy (non-hydrogen) atoms. The third-order valence-corrected chi connectivity index (χ3v) is 4.29. The van der Waals surface area contributed by atoms with Gasteiger partial charge in [0, 0.05) is 0 Å². The molecule has 3 rings (SSSR count). The summed E-state index contributed by atoms with van der Waals surface area (Å²) in [6.07, 6.45) is 4.93. The number of likely N-dealkylation sites (tertiary alicyclic amines) is 1. The average Bonchev–Trinajstić information content (AvgIpc) is 3.13. The number of rotatable bonds is 4. The van der Waals surface area contributed by atoms with Crippen molar-refractivity contribution in [2.45, 2.75) is 57.2 Å². The van der Waals surface area contributed by atoms with Crippen LogP contribution in [0.4, 0.5) is 0 Å². The second-order valence-corrected chi connectivity index (χ2v) is 5.73. The first-order chi connectivity index (χ1) is 9.11. The van der Waals surface area contributed by atoms with Crippen LogP contribution in [0.3, 0.4) is 0 Å². The van der Waals surface area contributed by atoms with Crippen molar-refractivity contribution in [3.63, 3.8) is 0 Å². The normalized spacial score (nSPS) is 28.5. The van der Waals surface area contributed by atoms with E-state index in [-0.39, 0.29) is 0 Å². The molecule has 0 aromatic carbocycles. The Kier molecular flexibility index (Phi) is 3.00. The highest BCUT2D eigenvalue weighted by Crippen LogP contribution is 2.35. The van der Waals surface area contributed by atoms with E-state index in [0.717, 1.165) is 38.1 Å². The molecule has 0 bridgehead atoms. The van der Waals surface area contributed by atoms with Crippen LogP contribution in [0.2, 0.25) is 0 Å². The molecule has 7 nitrogen and oxygen atoms in total. The van der Waals surface area contributed by atoms with Gasteiger partial charge in [0.15, 0.2) is 5.82 Å². The predicted octanol–water partition coefficient (Wildman–Crippen LogP) is 0.837. The molecule has 1 atom stereocenters. The summed E-state index contributed by atoms with van der Waals surface area (Å²) in [7, 11) is 0. The molecule has 1 aliphatic carbocycles. The van der Waals surface area contributed by atoms with Crippen molar-refractivity contribution in [2.24, 2.45) is 0 Å². The molecule has 1 saturated carbocycles. The topological polar surface area (TPSA) is 84.1 Å². The zero-order valence-electron chi connectivity index (χ0n) is 11.1. The van der Waals surface area contributed by atoms with Gasteiger partial charge in [0.05, 0.1) is 12.6 Å². The van der Waals surface area contributed by atoms with Crippen LogP contribution in [0, 0.1) is 0 Å². The van der Waals surface area contributed by atoms with Gasteiger partial charge in [-0.2, -0.15) is 0 Å². The second-order valence-electron chi connectivity index (χ2n) is 5.73. The van der Waals surface area contributed by atoms with E-state index >= 15 is 0 Å². The highest BCUT2D eigenvalue weighted by molar-refractivity contribution is 5.78. The maximum absolute atomic E-state index is 11.5. The van der Waals surface area contributed by atoms with Crippen molar-refractivity contribution in [1.82, 2.24) is 25.1 Å². The number of aliphatic carboxylic acids is 1. The van der Waals surface area contributed by atoms with Gasteiger partial charge in [-0.25, -0.2) is 4.68 Å². The lowest BCUT2D eigenvalue weighted by atomic mass is 9.88. The second kappa shape index (κ2) is 4.56. The molecule has 2 fully saturated rings. The minimum absolute atomic E-state index is 0.422. The third-order valence-electron chi connectivity index (χ3n) is 4.29. The Morgan fingerprint density at radius 3 is 2.95 bits per heavy atom. The molecule has 1 saturated heterocycles. The molecule has 2 aliphatic rings. The minimum Gasteiger partial charge on any atom is -0.480 e. The minimum atomic E-state index is -0.793. The zero-order chi connectivity index (χ0) is 13.5. The molecule has 7 heteroatoms. The van der Waals surface area contributed by atoms with Gasteiger partial charge in [-0.05, 0) is 56.0 Å². The predicted molar refractivity (Wildman–Crippen MR) is 66.4 cm³/mol. The first-order valence-corrected chi connectivity index (χ1v) is 6.86. The van der Waals surface area contributed by atoms with Gasteiger partial charge in [0.2, 0.25) is 0 Å². The summed E-state index contributed by atoms with van der Waals surface area (Å²) in [5.74, 6) is 0.0366. The Morgan fingerprint density at radius 2 is 2.26 bits per heavy atom. The smallest absolute Gasteiger partial charge is 0.323 e. The average molecular weight is 265 g/mol. The van der Waals surface area contributed by atoms with Gasteiger partial charge in [-0.1, -0.05) is 0 Å². The van der Waals surface area contributed by atoms with Crippen molar-refractivity contribution in [2.75, 3.05) is 6.54 Å². The number of carboxylic acids is 1. The molecule has 0 radical (unpaired) electrons. The lowest BCUT2D eigenvalue weighted by Gasteiger charge is -2.41. The van der Waals surface area contributed by atoms with Crippen LogP contribution in [0.15, 0.2) is 0 Å². The van der Waals surface area contributed by atoms with E-state index in [1.165, 1.54) is 0 Å². The highest BCUT2D eigenvalue weighted by atomic mass is 16.4. The van der Waals surface area contributed by atoms with E-state index in [4.69, 9.17) is 0 Å². The monoisotopic (exact) mass is 265 g/mol. The van der Waals surface area contributed by atoms with Crippen molar-refractivity contribution in [1.29, 1.82) is 0 Å². The summed E-state index contributed by atoms with van der Waals surface area (Å²) >= 11 is 0. The number of hydrogen-bond acceptors (Lipinski definition) is 5. The molecule has 2 heterocycles. The molecular weight excluding hydrogens is 246 g/mol. The van der Waals surface area contributed by atoms with Crippen molar-refractivity contribution in [3.05, 3.63) is 5.82 Å². The number of hydrogen-bond donors (Lipinski definition) is 1. The molecule has 1 aliphatic heterocycles. The molecule has 104 valence electrons. The SMILES string of the molecule is CC1(C(=O)O)CCCCN1Cc1nnnn1C1CC1. The number of aromatic nitrogens is 4. The van der Waals surface area contributed by atoms with E-state index in [1.807, 2.05) is 9.58 Å². The summed E-state index contributed by atoms with van der Waals surface area (Å²) in [5, 5.41) is 21.3. The van der Waals surface area contributed by atoms with Gasteiger partial charge < -0.3 is 5.11 Å². The molecule has 0 amide bonds. The first-order valence-electron chi connectivity index (χ1n) is 6.86. The van der Waals surface area contributed by atoms with E-state index in [1.54, 1.807) is 6.92 Å². The van der Waals surface area contributed by atoms with Gasteiger partial charge in [-0.15, -0.1) is 5.10 Å². The van der Waals surface area contributed by atoms with E-state index < -0.39 is 11.5 Å². The molecule has 1 N–H and O–H groups in total. The van der Waals surface area contributed by atoms with E-state index in [9.17, 15) is 9.90 Å². The van der Waals surface area contributed by atoms with Crippen LogP contribution in [-0.2, 0) is 11.3 Å². The molecular formula is C12H19N5O2. The van der Waals surface area contributed by atoms with Gasteiger partial charge in [-0.3, -0.25) is 9.69 Å². The summed E-state index contributed by atoms with van der Waals surface area (Å²) in [4.78, 5) is 13.5. The van der Waals surface area contributed by atoms with E-state index in [2.05, 4.69) is 15.5 Å². The van der Waals surface area contributed by atoms with Crippen LogP contribution in [0.5, 0.6) is 0 Å². The standard InChI is InChI=1S/C12H19N5O2/c1-12(11(18)19)6-2-3-7-16(12)8-10-13-14-15-17(10)9-4-5-9/h9H,2-8H2,1H3,(H,18,19). The van der Waals surface area contributed by atoms with Gasteiger partial charge in [0.25, 0.3) is 0 Å². The Morgan fingerprint density at radius 1 is 1.47 bits per heavy atom. The van der Waals surface area contributed by atoms with Crippen LogP contribution >= 0.6 is 0 Å². The van der Waals surface area contributed by atoms with Crippen LogP contribution in [-0.4, -0.2) is 48.3 Å². The number of piperidine rings is 1. The van der Waals surface area contributed by atoms with Crippen molar-refractivity contribution in [3.8, 4) is 0 Å². The lowest BCUT2D eigenvalue weighted by molar-refractivity contribution is -0.153. The summed E-state index contributed by atoms with van der Waals surface area (Å²) in [6, 6.07) is 0.422. The fourth-order valence-electron chi connectivity index (χ4n) is 2.76. The quantitative estimate of drug-likeness (QED) is 0.868.